The van der Waals surface area contributed by atoms with E-state index in [0.717, 1.165) is 26.1 Å². The van der Waals surface area contributed by atoms with Gasteiger partial charge in [-0.2, -0.15) is 0 Å². The van der Waals surface area contributed by atoms with Gasteiger partial charge < -0.3 is 15.5 Å². The van der Waals surface area contributed by atoms with Crippen LogP contribution in [0.25, 0.3) is 0 Å². The molecule has 3 N–H and O–H groups in total. The van der Waals surface area contributed by atoms with Crippen LogP contribution >= 0.6 is 0 Å². The molecule has 0 aromatic carbocycles. The van der Waals surface area contributed by atoms with E-state index in [4.69, 9.17) is 0 Å². The van der Waals surface area contributed by atoms with E-state index in [-0.39, 0.29) is 18.2 Å². The molecule has 4 atom stereocenters. The molecule has 2 aliphatic rings. The lowest BCUT2D eigenvalue weighted by atomic mass is 10.1. The van der Waals surface area contributed by atoms with Gasteiger partial charge in [-0.3, -0.25) is 4.90 Å². The maximum absolute atomic E-state index is 9.45. The minimum absolute atomic E-state index is 0.167. The van der Waals surface area contributed by atoms with E-state index in [0.29, 0.717) is 6.04 Å². The van der Waals surface area contributed by atoms with Gasteiger partial charge in [0.25, 0.3) is 0 Å². The SMILES string of the molecule is C[C@H](O)[C@@H]1CN2C[C@H](O)C[C@H]2CN1. The highest BCUT2D eigenvalue weighted by Gasteiger charge is 2.36. The third kappa shape index (κ3) is 1.86. The van der Waals surface area contributed by atoms with Crippen molar-refractivity contribution in [3.05, 3.63) is 0 Å². The lowest BCUT2D eigenvalue weighted by Gasteiger charge is -2.37. The van der Waals surface area contributed by atoms with Gasteiger partial charge in [0.1, 0.15) is 0 Å². The van der Waals surface area contributed by atoms with Crippen molar-refractivity contribution in [1.29, 1.82) is 0 Å². The number of nitrogens with zero attached hydrogens (tertiary/aromatic N) is 1. The van der Waals surface area contributed by atoms with Gasteiger partial charge in [0.05, 0.1) is 12.2 Å². The molecule has 0 amide bonds. The normalized spacial score (nSPS) is 43.2. The molecule has 2 fully saturated rings. The van der Waals surface area contributed by atoms with Crippen molar-refractivity contribution in [1.82, 2.24) is 10.2 Å². The Morgan fingerprint density at radius 2 is 2.23 bits per heavy atom. The Morgan fingerprint density at radius 3 is 2.92 bits per heavy atom. The van der Waals surface area contributed by atoms with Crippen molar-refractivity contribution in [2.75, 3.05) is 19.6 Å². The molecule has 2 rings (SSSR count). The van der Waals surface area contributed by atoms with Crippen LogP contribution in [-0.4, -0.2) is 59.0 Å². The third-order valence-corrected chi connectivity index (χ3v) is 3.13. The standard InChI is InChI=1S/C9H18N2O2/c1-6(12)9-5-11-4-8(13)2-7(11)3-10-9/h6-10,12-13H,2-5H2,1H3/t6-,7-,8+,9-/m0/s1. The van der Waals surface area contributed by atoms with Gasteiger partial charge in [0.2, 0.25) is 0 Å². The van der Waals surface area contributed by atoms with Gasteiger partial charge in [-0.15, -0.1) is 0 Å². The summed E-state index contributed by atoms with van der Waals surface area (Å²) in [6.45, 7) is 4.34. The Balaban J connectivity index is 1.93. The summed E-state index contributed by atoms with van der Waals surface area (Å²) >= 11 is 0. The highest BCUT2D eigenvalue weighted by atomic mass is 16.3. The van der Waals surface area contributed by atoms with E-state index in [1.807, 2.05) is 6.92 Å². The minimum Gasteiger partial charge on any atom is -0.392 e. The van der Waals surface area contributed by atoms with Gasteiger partial charge in [-0.05, 0) is 13.3 Å². The Bertz CT molecular complexity index is 186. The maximum atomic E-state index is 9.45. The first kappa shape index (κ1) is 9.40. The second-order valence-electron chi connectivity index (χ2n) is 4.25. The maximum Gasteiger partial charge on any atom is 0.0682 e. The number of rotatable bonds is 1. The largest absolute Gasteiger partial charge is 0.392 e. The number of nitrogens with one attached hydrogen (secondary N) is 1. The topological polar surface area (TPSA) is 55.7 Å². The van der Waals surface area contributed by atoms with E-state index in [9.17, 15) is 10.2 Å². The highest BCUT2D eigenvalue weighted by molar-refractivity contribution is 4.94. The van der Waals surface area contributed by atoms with E-state index in [1.165, 1.54) is 0 Å². The lowest BCUT2D eigenvalue weighted by Crippen LogP contribution is -2.57. The zero-order valence-corrected chi connectivity index (χ0v) is 7.98. The molecule has 2 heterocycles. The van der Waals surface area contributed by atoms with Crippen molar-refractivity contribution in [2.24, 2.45) is 0 Å². The molecule has 4 nitrogen and oxygen atoms in total. The Kier molecular flexibility index (Phi) is 2.55. The number of hydrogen-bond acceptors (Lipinski definition) is 4. The van der Waals surface area contributed by atoms with Crippen LogP contribution in [0.2, 0.25) is 0 Å². The highest BCUT2D eigenvalue weighted by Crippen LogP contribution is 2.21. The molecule has 0 aromatic rings. The van der Waals surface area contributed by atoms with Gasteiger partial charge in [-0.1, -0.05) is 0 Å². The molecule has 0 spiro atoms. The summed E-state index contributed by atoms with van der Waals surface area (Å²) in [6.07, 6.45) is 0.401. The summed E-state index contributed by atoms with van der Waals surface area (Å²) in [7, 11) is 0. The van der Waals surface area contributed by atoms with Gasteiger partial charge >= 0.3 is 0 Å². The third-order valence-electron chi connectivity index (χ3n) is 3.13. The molecule has 0 aliphatic carbocycles. The molecule has 0 bridgehead atoms. The molecule has 13 heavy (non-hydrogen) atoms. The minimum atomic E-state index is -0.307. The number of fused-ring (bicyclic) bond motifs is 1. The van der Waals surface area contributed by atoms with E-state index in [1.54, 1.807) is 0 Å². The molecule has 0 saturated carbocycles. The number of aliphatic hydroxyl groups is 2. The average Bonchev–Trinajstić information content (AvgIpc) is 2.42. The summed E-state index contributed by atoms with van der Waals surface area (Å²) < 4.78 is 0. The van der Waals surface area contributed by atoms with Crippen molar-refractivity contribution in [3.63, 3.8) is 0 Å². The predicted molar refractivity (Wildman–Crippen MR) is 49.5 cm³/mol. The Morgan fingerprint density at radius 1 is 1.46 bits per heavy atom. The predicted octanol–water partition coefficient (Wildman–Crippen LogP) is -1.23. The van der Waals surface area contributed by atoms with Crippen LogP contribution in [0.15, 0.2) is 0 Å². The van der Waals surface area contributed by atoms with Crippen LogP contribution in [0.5, 0.6) is 0 Å². The lowest BCUT2D eigenvalue weighted by molar-refractivity contribution is 0.0778. The summed E-state index contributed by atoms with van der Waals surface area (Å²) in [5, 5.41) is 22.2. The van der Waals surface area contributed by atoms with Crippen LogP contribution in [0.3, 0.4) is 0 Å². The molecule has 2 saturated heterocycles. The fourth-order valence-electron chi connectivity index (χ4n) is 2.32. The fraction of sp³-hybridized carbons (Fsp3) is 1.00. The van der Waals surface area contributed by atoms with Crippen LogP contribution in [0.4, 0.5) is 0 Å². The van der Waals surface area contributed by atoms with Crippen LogP contribution in [0, 0.1) is 0 Å². The molecule has 4 heteroatoms. The molecular formula is C9H18N2O2. The van der Waals surface area contributed by atoms with Crippen molar-refractivity contribution in [2.45, 2.75) is 37.6 Å². The molecule has 0 aromatic heterocycles. The van der Waals surface area contributed by atoms with Crippen molar-refractivity contribution >= 4 is 0 Å². The Labute approximate surface area is 78.5 Å². The second-order valence-corrected chi connectivity index (χ2v) is 4.25. The first-order valence-electron chi connectivity index (χ1n) is 5.00. The summed E-state index contributed by atoms with van der Waals surface area (Å²) in [5.41, 5.74) is 0. The number of hydrogen-bond donors (Lipinski definition) is 3. The fourth-order valence-corrected chi connectivity index (χ4v) is 2.32. The Hall–Kier alpha value is -0.160. The number of piperazine rings is 1. The number of aliphatic hydroxyl groups excluding tert-OH is 2. The summed E-state index contributed by atoms with van der Waals surface area (Å²) in [5.74, 6) is 0. The van der Waals surface area contributed by atoms with E-state index in [2.05, 4.69) is 10.2 Å². The van der Waals surface area contributed by atoms with Crippen molar-refractivity contribution < 1.29 is 10.2 Å². The first-order chi connectivity index (χ1) is 6.16. The average molecular weight is 186 g/mol. The van der Waals surface area contributed by atoms with Gasteiger partial charge in [0, 0.05) is 31.7 Å². The molecule has 0 radical (unpaired) electrons. The van der Waals surface area contributed by atoms with Gasteiger partial charge in [-0.25, -0.2) is 0 Å². The zero-order chi connectivity index (χ0) is 9.42. The van der Waals surface area contributed by atoms with E-state index >= 15 is 0 Å². The quantitative estimate of drug-likeness (QED) is 0.480. The summed E-state index contributed by atoms with van der Waals surface area (Å²) in [6, 6.07) is 0.645. The monoisotopic (exact) mass is 186 g/mol. The molecule has 2 aliphatic heterocycles. The van der Waals surface area contributed by atoms with Gasteiger partial charge in [0.15, 0.2) is 0 Å². The molecule has 0 unspecified atom stereocenters. The second kappa shape index (κ2) is 3.53. The summed E-state index contributed by atoms with van der Waals surface area (Å²) in [4.78, 5) is 2.28. The molecular weight excluding hydrogens is 168 g/mol. The van der Waals surface area contributed by atoms with Crippen molar-refractivity contribution in [3.8, 4) is 0 Å². The van der Waals surface area contributed by atoms with Crippen LogP contribution < -0.4 is 5.32 Å². The van der Waals surface area contributed by atoms with E-state index < -0.39 is 0 Å². The van der Waals surface area contributed by atoms with Crippen LogP contribution in [0.1, 0.15) is 13.3 Å². The zero-order valence-electron chi connectivity index (χ0n) is 7.98. The first-order valence-corrected chi connectivity index (χ1v) is 5.00. The molecule has 76 valence electrons. The van der Waals surface area contributed by atoms with Crippen LogP contribution in [-0.2, 0) is 0 Å². The smallest absolute Gasteiger partial charge is 0.0682 e.